The number of nitrogens with zero attached hydrogens (tertiary/aromatic N) is 2. The molecule has 2 aliphatic rings. The van der Waals surface area contributed by atoms with Crippen LogP contribution < -0.4 is 9.80 Å². The van der Waals surface area contributed by atoms with E-state index in [0.29, 0.717) is 0 Å². The molecule has 0 unspecified atom stereocenters. The maximum atomic E-state index is 2.55. The minimum absolute atomic E-state index is 0.544. The van der Waals surface area contributed by atoms with Crippen molar-refractivity contribution in [1.82, 2.24) is 0 Å². The highest BCUT2D eigenvalue weighted by atomic mass is 15.5. The summed E-state index contributed by atoms with van der Waals surface area (Å²) < 4.78 is 0. The summed E-state index contributed by atoms with van der Waals surface area (Å²) >= 11 is 0. The molecule has 162 valence electrons. The van der Waals surface area contributed by atoms with Gasteiger partial charge in [0.1, 0.15) is 0 Å². The Labute approximate surface area is 200 Å². The van der Waals surface area contributed by atoms with Gasteiger partial charge >= 0.3 is 0 Å². The topological polar surface area (TPSA) is 6.48 Å². The van der Waals surface area contributed by atoms with Crippen LogP contribution in [0.1, 0.15) is 22.3 Å². The summed E-state index contributed by atoms with van der Waals surface area (Å²) in [6, 6.07) is 48.4. The van der Waals surface area contributed by atoms with E-state index in [-0.39, 0.29) is 0 Å². The fourth-order valence-corrected chi connectivity index (χ4v) is 5.96. The molecule has 0 amide bonds. The Morgan fingerprint density at radius 1 is 0.412 bits per heavy atom. The lowest BCUT2D eigenvalue weighted by Crippen LogP contribution is -2.54. The Kier molecular flexibility index (Phi) is 4.16. The fraction of sp³-hybridized carbons (Fsp3) is 0.0625. The van der Waals surface area contributed by atoms with Crippen molar-refractivity contribution in [2.24, 2.45) is 0 Å². The maximum absolute atomic E-state index is 2.55. The van der Waals surface area contributed by atoms with Crippen LogP contribution in [0.5, 0.6) is 0 Å². The Hall–Kier alpha value is -4.30. The summed E-state index contributed by atoms with van der Waals surface area (Å²) in [6.07, 6.45) is 0.940. The number of benzene rings is 5. The summed E-state index contributed by atoms with van der Waals surface area (Å²) in [4.78, 5) is 5.10. The zero-order chi connectivity index (χ0) is 22.5. The molecule has 34 heavy (non-hydrogen) atoms. The molecule has 1 aliphatic heterocycles. The lowest BCUT2D eigenvalue weighted by molar-refractivity contribution is 0.538. The molecule has 1 aliphatic carbocycles. The molecule has 7 rings (SSSR count). The first-order chi connectivity index (χ1) is 16.9. The SMILES string of the molecule is c1ccc(N2c3ccccc3N(c3ccccc3)C23c2ccccc2Cc2ccccc23)cc1. The molecule has 0 saturated carbocycles. The van der Waals surface area contributed by atoms with E-state index in [1.165, 1.54) is 45.0 Å². The predicted molar refractivity (Wildman–Crippen MR) is 140 cm³/mol. The van der Waals surface area contributed by atoms with Crippen molar-refractivity contribution in [3.05, 3.63) is 156 Å². The average molecular weight is 437 g/mol. The van der Waals surface area contributed by atoms with Crippen LogP contribution in [0.15, 0.2) is 133 Å². The van der Waals surface area contributed by atoms with Crippen LogP contribution >= 0.6 is 0 Å². The first-order valence-electron chi connectivity index (χ1n) is 11.9. The first-order valence-corrected chi connectivity index (χ1v) is 11.9. The second-order valence-electron chi connectivity index (χ2n) is 8.99. The quantitative estimate of drug-likeness (QED) is 0.279. The number of hydrogen-bond donors (Lipinski definition) is 0. The summed E-state index contributed by atoms with van der Waals surface area (Å²) in [6.45, 7) is 0. The van der Waals surface area contributed by atoms with E-state index in [4.69, 9.17) is 0 Å². The molecule has 5 aromatic carbocycles. The number of para-hydroxylation sites is 4. The van der Waals surface area contributed by atoms with Crippen molar-refractivity contribution in [3.63, 3.8) is 0 Å². The summed E-state index contributed by atoms with van der Waals surface area (Å²) in [7, 11) is 0. The van der Waals surface area contributed by atoms with Gasteiger partial charge in [0.15, 0.2) is 5.66 Å². The van der Waals surface area contributed by atoms with Crippen molar-refractivity contribution in [2.45, 2.75) is 12.1 Å². The van der Waals surface area contributed by atoms with Crippen LogP contribution in [0.25, 0.3) is 0 Å². The van der Waals surface area contributed by atoms with Gasteiger partial charge in [0.05, 0.1) is 11.4 Å². The van der Waals surface area contributed by atoms with E-state index in [0.717, 1.165) is 6.42 Å². The van der Waals surface area contributed by atoms with Crippen molar-refractivity contribution >= 4 is 22.7 Å². The van der Waals surface area contributed by atoms with Gasteiger partial charge in [-0.05, 0) is 53.9 Å². The maximum Gasteiger partial charge on any atom is 0.175 e. The van der Waals surface area contributed by atoms with E-state index < -0.39 is 5.66 Å². The van der Waals surface area contributed by atoms with E-state index >= 15 is 0 Å². The van der Waals surface area contributed by atoms with Crippen molar-refractivity contribution in [1.29, 1.82) is 0 Å². The van der Waals surface area contributed by atoms with E-state index in [1.54, 1.807) is 0 Å². The van der Waals surface area contributed by atoms with E-state index in [2.05, 4.69) is 143 Å². The normalized spacial score (nSPS) is 15.1. The van der Waals surface area contributed by atoms with Crippen LogP contribution in [0, 0.1) is 0 Å². The third-order valence-corrected chi connectivity index (χ3v) is 7.21. The lowest BCUT2D eigenvalue weighted by atomic mass is 9.76. The first kappa shape index (κ1) is 19.2. The van der Waals surface area contributed by atoms with Crippen LogP contribution in [0.4, 0.5) is 22.7 Å². The van der Waals surface area contributed by atoms with Crippen LogP contribution in [0.2, 0.25) is 0 Å². The number of fused-ring (bicyclic) bond motifs is 5. The monoisotopic (exact) mass is 436 g/mol. The molecule has 1 spiro atoms. The zero-order valence-electron chi connectivity index (χ0n) is 18.8. The molecular formula is C32H24N2. The third-order valence-electron chi connectivity index (χ3n) is 7.21. The molecule has 2 heteroatoms. The van der Waals surface area contributed by atoms with Gasteiger partial charge in [0.25, 0.3) is 0 Å². The number of anilines is 4. The molecule has 0 N–H and O–H groups in total. The molecule has 0 saturated heterocycles. The van der Waals surface area contributed by atoms with Gasteiger partial charge in [-0.25, -0.2) is 0 Å². The summed E-state index contributed by atoms with van der Waals surface area (Å²) in [5, 5.41) is 0. The minimum Gasteiger partial charge on any atom is -0.308 e. The largest absolute Gasteiger partial charge is 0.308 e. The van der Waals surface area contributed by atoms with Crippen molar-refractivity contribution in [3.8, 4) is 0 Å². The second-order valence-corrected chi connectivity index (χ2v) is 8.99. The smallest absolute Gasteiger partial charge is 0.175 e. The van der Waals surface area contributed by atoms with Gasteiger partial charge in [-0.3, -0.25) is 0 Å². The molecule has 2 nitrogen and oxygen atoms in total. The molecule has 0 atom stereocenters. The van der Waals surface area contributed by atoms with E-state index in [1.807, 2.05) is 0 Å². The Morgan fingerprint density at radius 3 is 1.26 bits per heavy atom. The van der Waals surface area contributed by atoms with Crippen LogP contribution in [-0.4, -0.2) is 0 Å². The van der Waals surface area contributed by atoms with Crippen LogP contribution in [0.3, 0.4) is 0 Å². The Balaban J connectivity index is 1.68. The van der Waals surface area contributed by atoms with Crippen LogP contribution in [-0.2, 0) is 12.1 Å². The summed E-state index contributed by atoms with van der Waals surface area (Å²) in [5.41, 5.74) is 9.65. The van der Waals surface area contributed by atoms with Gasteiger partial charge in [-0.15, -0.1) is 0 Å². The lowest BCUT2D eigenvalue weighted by Gasteiger charge is -2.50. The highest BCUT2D eigenvalue weighted by Gasteiger charge is 2.56. The average Bonchev–Trinajstić information content (AvgIpc) is 3.21. The van der Waals surface area contributed by atoms with Gasteiger partial charge in [-0.1, -0.05) is 97.1 Å². The number of rotatable bonds is 2. The predicted octanol–water partition coefficient (Wildman–Crippen LogP) is 7.78. The molecule has 0 fully saturated rings. The van der Waals surface area contributed by atoms with Gasteiger partial charge < -0.3 is 9.80 Å². The highest BCUT2D eigenvalue weighted by Crippen LogP contribution is 2.61. The fourth-order valence-electron chi connectivity index (χ4n) is 5.96. The van der Waals surface area contributed by atoms with Gasteiger partial charge in [0.2, 0.25) is 0 Å². The zero-order valence-corrected chi connectivity index (χ0v) is 18.8. The Bertz CT molecular complexity index is 1380. The minimum atomic E-state index is -0.544. The molecule has 5 aromatic rings. The molecule has 0 bridgehead atoms. The standard InChI is InChI=1S/C32H24N2/c1-3-15-26(16-4-1)33-30-21-11-12-22-31(30)34(27-17-5-2-6-18-27)32(33)28-19-9-7-13-24(28)23-25-14-8-10-20-29(25)32/h1-22H,23H2. The Morgan fingerprint density at radius 2 is 0.794 bits per heavy atom. The highest BCUT2D eigenvalue weighted by molar-refractivity contribution is 5.93. The van der Waals surface area contributed by atoms with Gasteiger partial charge in [-0.2, -0.15) is 0 Å². The third kappa shape index (κ3) is 2.51. The van der Waals surface area contributed by atoms with Gasteiger partial charge in [0, 0.05) is 22.5 Å². The molecule has 0 aromatic heterocycles. The van der Waals surface area contributed by atoms with Crippen molar-refractivity contribution < 1.29 is 0 Å². The van der Waals surface area contributed by atoms with E-state index in [9.17, 15) is 0 Å². The summed E-state index contributed by atoms with van der Waals surface area (Å²) in [5.74, 6) is 0. The number of hydrogen-bond acceptors (Lipinski definition) is 2. The molecule has 0 radical (unpaired) electrons. The van der Waals surface area contributed by atoms with Crippen molar-refractivity contribution in [2.75, 3.05) is 9.80 Å². The second kappa shape index (κ2) is 7.36. The molecular weight excluding hydrogens is 412 g/mol. The molecule has 1 heterocycles.